The van der Waals surface area contributed by atoms with E-state index in [1.165, 1.54) is 0 Å². The molecule has 0 saturated heterocycles. The predicted molar refractivity (Wildman–Crippen MR) is 83.0 cm³/mol. The third kappa shape index (κ3) is 16.5. The summed E-state index contributed by atoms with van der Waals surface area (Å²) in [6.45, 7) is 0.703. The lowest BCUT2D eigenvalue weighted by Crippen LogP contribution is -2.00. The molecule has 0 radical (unpaired) electrons. The summed E-state index contributed by atoms with van der Waals surface area (Å²) < 4.78 is 10.3. The van der Waals surface area contributed by atoms with Gasteiger partial charge in [-0.15, -0.1) is 46.4 Å². The maximum absolute atomic E-state index is 5.48. The first kappa shape index (κ1) is 18.5. The maximum atomic E-state index is 5.48. The lowest BCUT2D eigenvalue weighted by atomic mass is 10.9. The molecule has 0 N–H and O–H groups in total. The second-order valence-electron chi connectivity index (χ2n) is 2.13. The second-order valence-corrected chi connectivity index (χ2v) is 10.6. The van der Waals surface area contributed by atoms with Crippen LogP contribution in [0, 0.1) is 0 Å². The standard InChI is InChI=1S/C6H10Cl4O2S4/c7-5(8)1-11-3-13-15-16-14-4-12-2-6(9)10/h5-6H,1-4H2. The zero-order valence-corrected chi connectivity index (χ0v) is 14.2. The van der Waals surface area contributed by atoms with E-state index in [-0.39, 0.29) is 0 Å². The zero-order valence-electron chi connectivity index (χ0n) is 7.94. The SMILES string of the molecule is ClC(Cl)COCSSSSCOCC(Cl)Cl. The Morgan fingerprint density at radius 2 is 1.12 bits per heavy atom. The first-order chi connectivity index (χ1) is 7.63. The Bertz CT molecular complexity index is 138. The monoisotopic (exact) mass is 382 g/mol. The van der Waals surface area contributed by atoms with Crippen LogP contribution in [0.2, 0.25) is 0 Å². The molecule has 0 aliphatic heterocycles. The van der Waals surface area contributed by atoms with Crippen LogP contribution >= 0.6 is 87.6 Å². The van der Waals surface area contributed by atoms with Gasteiger partial charge in [-0.2, -0.15) is 0 Å². The largest absolute Gasteiger partial charge is 0.367 e. The van der Waals surface area contributed by atoms with Crippen LogP contribution in [0.25, 0.3) is 0 Å². The first-order valence-corrected chi connectivity index (χ1v) is 10.8. The normalized spacial score (nSPS) is 11.6. The Balaban J connectivity index is 2.93. The molecule has 0 aliphatic carbocycles. The van der Waals surface area contributed by atoms with Gasteiger partial charge < -0.3 is 9.47 Å². The molecule has 0 bridgehead atoms. The lowest BCUT2D eigenvalue weighted by Gasteiger charge is -2.04. The minimum absolute atomic E-state index is 0.352. The van der Waals surface area contributed by atoms with E-state index in [4.69, 9.17) is 55.9 Å². The number of ether oxygens (including phenoxy) is 2. The van der Waals surface area contributed by atoms with Crippen LogP contribution < -0.4 is 0 Å². The van der Waals surface area contributed by atoms with Gasteiger partial charge in [-0.1, -0.05) is 21.6 Å². The third-order valence-corrected chi connectivity index (χ3v) is 7.21. The Kier molecular flexibility index (Phi) is 16.1. The highest BCUT2D eigenvalue weighted by Crippen LogP contribution is 2.42. The highest BCUT2D eigenvalue weighted by atomic mass is 35.5. The number of hydrogen-bond acceptors (Lipinski definition) is 6. The van der Waals surface area contributed by atoms with Crippen molar-refractivity contribution in [2.45, 2.75) is 9.67 Å². The van der Waals surface area contributed by atoms with Gasteiger partial charge in [0, 0.05) is 0 Å². The van der Waals surface area contributed by atoms with Crippen LogP contribution in [0.1, 0.15) is 0 Å². The summed E-state index contributed by atoms with van der Waals surface area (Å²) in [6, 6.07) is 0. The van der Waals surface area contributed by atoms with Crippen molar-refractivity contribution in [2.75, 3.05) is 25.1 Å². The molecular formula is C6H10Cl4O2S4. The fraction of sp³-hybridized carbons (Fsp3) is 1.00. The number of rotatable bonds is 11. The second kappa shape index (κ2) is 13.9. The molecule has 0 fully saturated rings. The minimum Gasteiger partial charge on any atom is -0.367 e. The molecule has 0 unspecified atom stereocenters. The summed E-state index contributed by atoms with van der Waals surface area (Å²) >= 11 is 21.9. The lowest BCUT2D eigenvalue weighted by molar-refractivity contribution is 0.196. The Morgan fingerprint density at radius 1 is 0.750 bits per heavy atom. The maximum Gasteiger partial charge on any atom is 0.131 e. The van der Waals surface area contributed by atoms with E-state index in [0.29, 0.717) is 25.1 Å². The summed E-state index contributed by atoms with van der Waals surface area (Å²) in [5, 5.41) is 0. The molecule has 10 heteroatoms. The van der Waals surface area contributed by atoms with Crippen LogP contribution in [0.3, 0.4) is 0 Å². The Labute approximate surface area is 131 Å². The van der Waals surface area contributed by atoms with Gasteiger partial charge in [0.25, 0.3) is 0 Å². The van der Waals surface area contributed by atoms with Crippen LogP contribution in [0.15, 0.2) is 0 Å². The fourth-order valence-corrected chi connectivity index (χ4v) is 5.68. The van der Waals surface area contributed by atoms with Crippen molar-refractivity contribution >= 4 is 87.6 Å². The summed E-state index contributed by atoms with van der Waals surface area (Å²) in [6.07, 6.45) is 0. The highest BCUT2D eigenvalue weighted by Gasteiger charge is 2.00. The van der Waals surface area contributed by atoms with Gasteiger partial charge >= 0.3 is 0 Å². The van der Waals surface area contributed by atoms with Gasteiger partial charge in [0.2, 0.25) is 0 Å². The van der Waals surface area contributed by atoms with E-state index in [9.17, 15) is 0 Å². The molecule has 16 heavy (non-hydrogen) atoms. The molecule has 0 saturated carbocycles. The molecule has 0 aromatic rings. The Morgan fingerprint density at radius 3 is 1.44 bits per heavy atom. The molecule has 0 spiro atoms. The topological polar surface area (TPSA) is 18.5 Å². The number of alkyl halides is 4. The first-order valence-electron chi connectivity index (χ1n) is 3.92. The minimum atomic E-state index is -0.458. The molecule has 0 aromatic carbocycles. The van der Waals surface area contributed by atoms with E-state index in [1.54, 1.807) is 41.2 Å². The van der Waals surface area contributed by atoms with E-state index in [2.05, 4.69) is 0 Å². The molecule has 2 nitrogen and oxygen atoms in total. The average Bonchev–Trinajstić information content (AvgIpc) is 2.20. The van der Waals surface area contributed by atoms with Crippen molar-refractivity contribution in [3.63, 3.8) is 0 Å². The Hall–Kier alpha value is 2.48. The van der Waals surface area contributed by atoms with Crippen LogP contribution in [-0.2, 0) is 9.47 Å². The van der Waals surface area contributed by atoms with Gasteiger partial charge in [0.15, 0.2) is 0 Å². The molecule has 98 valence electrons. The van der Waals surface area contributed by atoms with Crippen molar-refractivity contribution in [2.24, 2.45) is 0 Å². The van der Waals surface area contributed by atoms with Gasteiger partial charge in [-0.25, -0.2) is 0 Å². The fourth-order valence-electron chi connectivity index (χ4n) is 0.421. The molecule has 0 rings (SSSR count). The summed E-state index contributed by atoms with van der Waals surface area (Å²) in [4.78, 5) is -0.917. The van der Waals surface area contributed by atoms with Crippen molar-refractivity contribution in [1.82, 2.24) is 0 Å². The average molecular weight is 384 g/mol. The zero-order chi connectivity index (χ0) is 12.2. The van der Waals surface area contributed by atoms with E-state index in [0.717, 1.165) is 0 Å². The molecule has 0 amide bonds. The predicted octanol–water partition coefficient (Wildman–Crippen LogP) is 5.22. The van der Waals surface area contributed by atoms with E-state index < -0.39 is 9.67 Å². The van der Waals surface area contributed by atoms with Gasteiger partial charge in [-0.3, -0.25) is 0 Å². The van der Waals surface area contributed by atoms with Gasteiger partial charge in [-0.05, 0) is 19.7 Å². The molecule has 0 atom stereocenters. The van der Waals surface area contributed by atoms with Gasteiger partial charge in [0.05, 0.1) is 13.2 Å². The summed E-state index contributed by atoms with van der Waals surface area (Å²) in [5.41, 5.74) is 0. The van der Waals surface area contributed by atoms with Crippen LogP contribution in [0.5, 0.6) is 0 Å². The summed E-state index contributed by atoms with van der Waals surface area (Å²) in [5.74, 6) is 1.11. The number of hydrogen-bond donors (Lipinski definition) is 0. The highest BCUT2D eigenvalue weighted by molar-refractivity contribution is 9.26. The van der Waals surface area contributed by atoms with Crippen molar-refractivity contribution in [3.05, 3.63) is 0 Å². The smallest absolute Gasteiger partial charge is 0.131 e. The van der Waals surface area contributed by atoms with Crippen molar-refractivity contribution < 1.29 is 9.47 Å². The molecule has 0 aromatic heterocycles. The summed E-state index contributed by atoms with van der Waals surface area (Å²) in [7, 11) is 6.35. The van der Waals surface area contributed by atoms with Crippen LogP contribution in [0.4, 0.5) is 0 Å². The third-order valence-electron chi connectivity index (χ3n) is 0.875. The quantitative estimate of drug-likeness (QED) is 0.209. The van der Waals surface area contributed by atoms with E-state index in [1.807, 2.05) is 0 Å². The van der Waals surface area contributed by atoms with Crippen LogP contribution in [-0.4, -0.2) is 34.8 Å². The molecular weight excluding hydrogens is 374 g/mol. The van der Waals surface area contributed by atoms with Crippen molar-refractivity contribution in [3.8, 4) is 0 Å². The van der Waals surface area contributed by atoms with Crippen molar-refractivity contribution in [1.29, 1.82) is 0 Å². The van der Waals surface area contributed by atoms with Gasteiger partial charge in [0.1, 0.15) is 21.6 Å². The number of halogens is 4. The molecule has 0 heterocycles. The van der Waals surface area contributed by atoms with E-state index >= 15 is 0 Å². The molecule has 0 aliphatic rings.